The minimum absolute atomic E-state index is 0.397. The lowest BCUT2D eigenvalue weighted by molar-refractivity contribution is -0.127. The van der Waals surface area contributed by atoms with E-state index in [-0.39, 0.29) is 0 Å². The molecule has 1 saturated carbocycles. The molecule has 0 amide bonds. The molecule has 0 radical (unpaired) electrons. The molecule has 0 spiro atoms. The Morgan fingerprint density at radius 3 is 3.00 bits per heavy atom. The SMILES string of the molecule is CN1CCC(=O)[C@H]2CCC[C@H]21. The summed E-state index contributed by atoms with van der Waals surface area (Å²) in [6.07, 6.45) is 4.43. The monoisotopic (exact) mass is 153 g/mol. The number of Topliss-reactive ketones (excluding diaryl/α,β-unsaturated/α-hetero) is 1. The van der Waals surface area contributed by atoms with Crippen LogP contribution in [0.3, 0.4) is 0 Å². The van der Waals surface area contributed by atoms with Crippen LogP contribution in [0.1, 0.15) is 25.7 Å². The first-order valence-corrected chi connectivity index (χ1v) is 4.52. The molecule has 1 heterocycles. The van der Waals surface area contributed by atoms with E-state index in [1.807, 2.05) is 0 Å². The molecule has 0 unspecified atom stereocenters. The van der Waals surface area contributed by atoms with E-state index >= 15 is 0 Å². The lowest BCUT2D eigenvalue weighted by atomic mass is 9.91. The molecule has 2 heteroatoms. The summed E-state index contributed by atoms with van der Waals surface area (Å²) in [6.45, 7) is 0.986. The van der Waals surface area contributed by atoms with Gasteiger partial charge in [-0.25, -0.2) is 0 Å². The molecule has 62 valence electrons. The van der Waals surface area contributed by atoms with Gasteiger partial charge >= 0.3 is 0 Å². The summed E-state index contributed by atoms with van der Waals surface area (Å²) >= 11 is 0. The number of hydrogen-bond donors (Lipinski definition) is 0. The normalized spacial score (nSPS) is 39.2. The Kier molecular flexibility index (Phi) is 1.72. The van der Waals surface area contributed by atoms with E-state index in [0.717, 1.165) is 19.4 Å². The molecular formula is C9H15NO. The lowest BCUT2D eigenvalue weighted by Gasteiger charge is -2.33. The van der Waals surface area contributed by atoms with Gasteiger partial charge in [-0.2, -0.15) is 0 Å². The largest absolute Gasteiger partial charge is 0.302 e. The number of hydrogen-bond acceptors (Lipinski definition) is 2. The van der Waals surface area contributed by atoms with Crippen molar-refractivity contribution in [1.82, 2.24) is 4.90 Å². The van der Waals surface area contributed by atoms with Crippen molar-refractivity contribution in [3.8, 4) is 0 Å². The van der Waals surface area contributed by atoms with Crippen molar-refractivity contribution in [3.63, 3.8) is 0 Å². The summed E-state index contributed by atoms with van der Waals surface area (Å²) in [5.74, 6) is 0.916. The van der Waals surface area contributed by atoms with E-state index in [2.05, 4.69) is 11.9 Å². The van der Waals surface area contributed by atoms with Gasteiger partial charge in [0.1, 0.15) is 5.78 Å². The quantitative estimate of drug-likeness (QED) is 0.518. The molecule has 2 aliphatic rings. The van der Waals surface area contributed by atoms with Gasteiger partial charge in [0.05, 0.1) is 0 Å². The Bertz CT molecular complexity index is 178. The molecule has 0 aromatic heterocycles. The molecule has 2 atom stereocenters. The van der Waals surface area contributed by atoms with E-state index in [1.54, 1.807) is 0 Å². The third-order valence-corrected chi connectivity index (χ3v) is 3.17. The fourth-order valence-electron chi connectivity index (χ4n) is 2.48. The highest BCUT2D eigenvalue weighted by Crippen LogP contribution is 2.33. The van der Waals surface area contributed by atoms with Crippen LogP contribution in [0.25, 0.3) is 0 Å². The van der Waals surface area contributed by atoms with E-state index in [4.69, 9.17) is 0 Å². The molecule has 0 aromatic rings. The van der Waals surface area contributed by atoms with Crippen LogP contribution in [0.15, 0.2) is 0 Å². The van der Waals surface area contributed by atoms with Crippen LogP contribution in [0.5, 0.6) is 0 Å². The molecule has 1 aliphatic heterocycles. The third-order valence-electron chi connectivity index (χ3n) is 3.17. The van der Waals surface area contributed by atoms with Crippen LogP contribution in [-0.4, -0.2) is 30.3 Å². The molecule has 0 bridgehead atoms. The predicted molar refractivity (Wildman–Crippen MR) is 43.4 cm³/mol. The van der Waals surface area contributed by atoms with Crippen LogP contribution in [0.4, 0.5) is 0 Å². The van der Waals surface area contributed by atoms with Crippen molar-refractivity contribution in [2.75, 3.05) is 13.6 Å². The molecule has 1 aliphatic carbocycles. The van der Waals surface area contributed by atoms with E-state index < -0.39 is 0 Å². The van der Waals surface area contributed by atoms with Crippen molar-refractivity contribution in [3.05, 3.63) is 0 Å². The molecule has 11 heavy (non-hydrogen) atoms. The van der Waals surface area contributed by atoms with Gasteiger partial charge < -0.3 is 4.90 Å². The van der Waals surface area contributed by atoms with Crippen LogP contribution >= 0.6 is 0 Å². The first-order valence-electron chi connectivity index (χ1n) is 4.52. The molecule has 2 fully saturated rings. The second kappa shape index (κ2) is 2.59. The maximum atomic E-state index is 11.4. The minimum atomic E-state index is 0.397. The molecule has 2 rings (SSSR count). The number of likely N-dealkylation sites (tertiary alicyclic amines) is 1. The van der Waals surface area contributed by atoms with Gasteiger partial charge in [-0.3, -0.25) is 4.79 Å². The summed E-state index contributed by atoms with van der Waals surface area (Å²) in [4.78, 5) is 13.8. The number of rotatable bonds is 0. The van der Waals surface area contributed by atoms with Crippen molar-refractivity contribution in [1.29, 1.82) is 0 Å². The van der Waals surface area contributed by atoms with Crippen LogP contribution in [0, 0.1) is 5.92 Å². The first-order chi connectivity index (χ1) is 5.29. The van der Waals surface area contributed by atoms with Gasteiger partial charge in [-0.15, -0.1) is 0 Å². The Labute approximate surface area is 67.6 Å². The number of carbonyl (C=O) groups is 1. The highest BCUT2D eigenvalue weighted by Gasteiger charge is 2.38. The highest BCUT2D eigenvalue weighted by molar-refractivity contribution is 5.83. The molecule has 0 aromatic carbocycles. The zero-order valence-electron chi connectivity index (χ0n) is 7.05. The third kappa shape index (κ3) is 1.09. The van der Waals surface area contributed by atoms with E-state index in [1.165, 1.54) is 12.8 Å². The second-order valence-corrected chi connectivity index (χ2v) is 3.80. The number of ketones is 1. The Morgan fingerprint density at radius 1 is 1.45 bits per heavy atom. The van der Waals surface area contributed by atoms with Crippen molar-refractivity contribution in [2.45, 2.75) is 31.7 Å². The number of nitrogens with zero attached hydrogens (tertiary/aromatic N) is 1. The Hall–Kier alpha value is -0.370. The molecule has 2 nitrogen and oxygen atoms in total. The maximum Gasteiger partial charge on any atom is 0.138 e. The second-order valence-electron chi connectivity index (χ2n) is 3.80. The summed E-state index contributed by atoms with van der Waals surface area (Å²) in [6, 6.07) is 0.594. The average Bonchev–Trinajstić information content (AvgIpc) is 2.45. The maximum absolute atomic E-state index is 11.4. The van der Waals surface area contributed by atoms with Crippen molar-refractivity contribution in [2.24, 2.45) is 5.92 Å². The Morgan fingerprint density at radius 2 is 2.27 bits per heavy atom. The predicted octanol–water partition coefficient (Wildman–Crippen LogP) is 1.06. The van der Waals surface area contributed by atoms with Crippen LogP contribution in [0.2, 0.25) is 0 Å². The summed E-state index contributed by atoms with van der Waals surface area (Å²) < 4.78 is 0. The van der Waals surface area contributed by atoms with Crippen molar-refractivity contribution >= 4 is 5.78 Å². The lowest BCUT2D eigenvalue weighted by Crippen LogP contribution is -2.44. The van der Waals surface area contributed by atoms with Crippen molar-refractivity contribution < 1.29 is 4.79 Å². The topological polar surface area (TPSA) is 20.3 Å². The number of piperidine rings is 1. The van der Waals surface area contributed by atoms with Crippen LogP contribution < -0.4 is 0 Å². The highest BCUT2D eigenvalue weighted by atomic mass is 16.1. The molecular weight excluding hydrogens is 138 g/mol. The first kappa shape index (κ1) is 7.29. The minimum Gasteiger partial charge on any atom is -0.302 e. The van der Waals surface area contributed by atoms with Gasteiger partial charge in [0.25, 0.3) is 0 Å². The van der Waals surface area contributed by atoms with E-state index in [9.17, 15) is 4.79 Å². The summed E-state index contributed by atoms with van der Waals surface area (Å²) in [5.41, 5.74) is 0. The fraction of sp³-hybridized carbons (Fsp3) is 0.889. The van der Waals surface area contributed by atoms with Gasteiger partial charge in [0, 0.05) is 24.9 Å². The average molecular weight is 153 g/mol. The zero-order valence-corrected chi connectivity index (χ0v) is 7.05. The smallest absolute Gasteiger partial charge is 0.138 e. The standard InChI is InChI=1S/C9H15NO/c1-10-6-5-9(11)7-3-2-4-8(7)10/h7-8H,2-6H2,1H3/t7-,8+/m0/s1. The molecule has 1 saturated heterocycles. The fourth-order valence-corrected chi connectivity index (χ4v) is 2.48. The van der Waals surface area contributed by atoms with Gasteiger partial charge in [0.2, 0.25) is 0 Å². The summed E-state index contributed by atoms with van der Waals surface area (Å²) in [7, 11) is 2.15. The van der Waals surface area contributed by atoms with Gasteiger partial charge in [-0.1, -0.05) is 6.42 Å². The van der Waals surface area contributed by atoms with Crippen LogP contribution in [-0.2, 0) is 4.79 Å². The summed E-state index contributed by atoms with van der Waals surface area (Å²) in [5, 5.41) is 0. The molecule has 0 N–H and O–H groups in total. The number of fused-ring (bicyclic) bond motifs is 1. The van der Waals surface area contributed by atoms with E-state index in [0.29, 0.717) is 17.7 Å². The van der Waals surface area contributed by atoms with Gasteiger partial charge in [-0.05, 0) is 19.9 Å². The zero-order chi connectivity index (χ0) is 7.84. The van der Waals surface area contributed by atoms with Gasteiger partial charge in [0.15, 0.2) is 0 Å². The number of carbonyl (C=O) groups excluding carboxylic acids is 1. The Balaban J connectivity index is 2.14.